The van der Waals surface area contributed by atoms with Crippen molar-refractivity contribution < 1.29 is 14.0 Å². The summed E-state index contributed by atoms with van der Waals surface area (Å²) in [5.41, 5.74) is 2.54. The standard InChI is InChI=1S/C26H27ClFN3O2/c1-18-11-12-20(16-24(18)29-25(32)22-9-4-5-10-23(22)28)26(33)31(14-13-30(2)3)17-19-7-6-8-21(27)15-19/h4-12,15-16H,13-14,17H2,1-3H3,(H,29,32). The molecule has 0 saturated carbocycles. The smallest absolute Gasteiger partial charge is 0.258 e. The van der Waals surface area contributed by atoms with Gasteiger partial charge < -0.3 is 15.1 Å². The Bertz CT molecular complexity index is 1150. The zero-order chi connectivity index (χ0) is 24.0. The summed E-state index contributed by atoms with van der Waals surface area (Å²) >= 11 is 6.12. The van der Waals surface area contributed by atoms with Gasteiger partial charge in [-0.15, -0.1) is 0 Å². The lowest BCUT2D eigenvalue weighted by molar-refractivity contribution is 0.0731. The summed E-state index contributed by atoms with van der Waals surface area (Å²) in [6.45, 7) is 3.43. The molecule has 0 heterocycles. The Morgan fingerprint density at radius 2 is 1.73 bits per heavy atom. The summed E-state index contributed by atoms with van der Waals surface area (Å²) in [6, 6.07) is 18.3. The molecular formula is C26H27ClFN3O2. The lowest BCUT2D eigenvalue weighted by Crippen LogP contribution is -2.36. The highest BCUT2D eigenvalue weighted by Crippen LogP contribution is 2.21. The molecule has 1 N–H and O–H groups in total. The number of amides is 2. The number of halogens is 2. The molecule has 3 aromatic carbocycles. The van der Waals surface area contributed by atoms with Crippen LogP contribution in [0.3, 0.4) is 0 Å². The van der Waals surface area contributed by atoms with Gasteiger partial charge in [0.1, 0.15) is 5.82 Å². The summed E-state index contributed by atoms with van der Waals surface area (Å²) in [6.07, 6.45) is 0. The number of carbonyl (C=O) groups is 2. The van der Waals surface area contributed by atoms with Crippen molar-refractivity contribution in [1.82, 2.24) is 9.80 Å². The second kappa shape index (κ2) is 11.1. The number of nitrogens with one attached hydrogen (secondary N) is 1. The maximum Gasteiger partial charge on any atom is 0.258 e. The van der Waals surface area contributed by atoms with Crippen LogP contribution >= 0.6 is 11.6 Å². The molecule has 172 valence electrons. The second-order valence-corrected chi connectivity index (χ2v) is 8.56. The van der Waals surface area contributed by atoms with Gasteiger partial charge in [0.25, 0.3) is 11.8 Å². The average Bonchev–Trinajstić information content (AvgIpc) is 2.77. The van der Waals surface area contributed by atoms with Crippen LogP contribution in [0.2, 0.25) is 5.02 Å². The van der Waals surface area contributed by atoms with Crippen LogP contribution in [0.1, 0.15) is 31.8 Å². The van der Waals surface area contributed by atoms with E-state index in [9.17, 15) is 14.0 Å². The van der Waals surface area contributed by atoms with Gasteiger partial charge in [-0.05, 0) is 68.5 Å². The summed E-state index contributed by atoms with van der Waals surface area (Å²) in [4.78, 5) is 29.8. The van der Waals surface area contributed by atoms with Crippen LogP contribution in [0.15, 0.2) is 66.7 Å². The van der Waals surface area contributed by atoms with Crippen molar-refractivity contribution in [3.05, 3.63) is 99.8 Å². The van der Waals surface area contributed by atoms with Crippen molar-refractivity contribution in [1.29, 1.82) is 0 Å². The number of benzene rings is 3. The van der Waals surface area contributed by atoms with Crippen LogP contribution in [-0.2, 0) is 6.54 Å². The molecule has 0 aliphatic rings. The van der Waals surface area contributed by atoms with E-state index in [0.717, 1.165) is 11.1 Å². The molecule has 0 saturated heterocycles. The van der Waals surface area contributed by atoms with Crippen LogP contribution in [0.25, 0.3) is 0 Å². The van der Waals surface area contributed by atoms with Crippen molar-refractivity contribution in [3.63, 3.8) is 0 Å². The third-order valence-corrected chi connectivity index (χ3v) is 5.45. The van der Waals surface area contributed by atoms with E-state index < -0.39 is 11.7 Å². The van der Waals surface area contributed by atoms with Crippen LogP contribution in [0.4, 0.5) is 10.1 Å². The van der Waals surface area contributed by atoms with Gasteiger partial charge in [-0.1, -0.05) is 41.9 Å². The molecule has 0 fully saturated rings. The van der Waals surface area contributed by atoms with Gasteiger partial charge in [-0.25, -0.2) is 4.39 Å². The largest absolute Gasteiger partial charge is 0.333 e. The molecule has 0 bridgehead atoms. The van der Waals surface area contributed by atoms with Crippen LogP contribution in [0, 0.1) is 12.7 Å². The van der Waals surface area contributed by atoms with E-state index in [4.69, 9.17) is 11.6 Å². The zero-order valence-corrected chi connectivity index (χ0v) is 19.7. The molecule has 5 nitrogen and oxygen atoms in total. The monoisotopic (exact) mass is 467 g/mol. The first-order valence-electron chi connectivity index (χ1n) is 10.6. The molecule has 0 aromatic heterocycles. The van der Waals surface area contributed by atoms with Gasteiger partial charge in [0.05, 0.1) is 5.56 Å². The van der Waals surface area contributed by atoms with E-state index in [-0.39, 0.29) is 11.5 Å². The van der Waals surface area contributed by atoms with Crippen molar-refractivity contribution >= 4 is 29.1 Å². The van der Waals surface area contributed by atoms with Gasteiger partial charge in [-0.3, -0.25) is 9.59 Å². The highest BCUT2D eigenvalue weighted by molar-refractivity contribution is 6.30. The first-order chi connectivity index (χ1) is 15.7. The van der Waals surface area contributed by atoms with Crippen molar-refractivity contribution in [2.75, 3.05) is 32.5 Å². The number of aryl methyl sites for hydroxylation is 1. The number of nitrogens with zero attached hydrogens (tertiary/aromatic N) is 2. The minimum atomic E-state index is -0.601. The van der Waals surface area contributed by atoms with Crippen LogP contribution in [0.5, 0.6) is 0 Å². The number of carbonyl (C=O) groups excluding carboxylic acids is 2. The molecule has 0 aliphatic carbocycles. The van der Waals surface area contributed by atoms with Crippen LogP contribution < -0.4 is 5.32 Å². The maximum atomic E-state index is 14.0. The van der Waals surface area contributed by atoms with Crippen LogP contribution in [-0.4, -0.2) is 48.8 Å². The van der Waals surface area contributed by atoms with E-state index in [2.05, 4.69) is 5.32 Å². The van der Waals surface area contributed by atoms with E-state index >= 15 is 0 Å². The zero-order valence-electron chi connectivity index (χ0n) is 18.9. The Hall–Kier alpha value is -3.22. The van der Waals surface area contributed by atoms with Gasteiger partial charge in [0.2, 0.25) is 0 Å². The van der Waals surface area contributed by atoms with Gasteiger partial charge in [-0.2, -0.15) is 0 Å². The predicted octanol–water partition coefficient (Wildman–Crippen LogP) is 5.24. The fourth-order valence-corrected chi connectivity index (χ4v) is 3.55. The van der Waals surface area contributed by atoms with E-state index in [0.29, 0.717) is 35.9 Å². The van der Waals surface area contributed by atoms with Crippen molar-refractivity contribution in [3.8, 4) is 0 Å². The number of hydrogen-bond donors (Lipinski definition) is 1. The van der Waals surface area contributed by atoms with Gasteiger partial charge in [0.15, 0.2) is 0 Å². The molecule has 33 heavy (non-hydrogen) atoms. The molecule has 3 aromatic rings. The summed E-state index contributed by atoms with van der Waals surface area (Å²) in [5.74, 6) is -1.33. The molecule has 0 atom stereocenters. The molecule has 3 rings (SSSR count). The minimum absolute atomic E-state index is 0.0535. The number of rotatable bonds is 8. The minimum Gasteiger partial charge on any atom is -0.333 e. The third kappa shape index (κ3) is 6.63. The van der Waals surface area contributed by atoms with Crippen molar-refractivity contribution in [2.24, 2.45) is 0 Å². The molecule has 2 amide bonds. The number of anilines is 1. The first kappa shape index (κ1) is 24.4. The quantitative estimate of drug-likeness (QED) is 0.492. The highest BCUT2D eigenvalue weighted by atomic mass is 35.5. The molecule has 0 spiro atoms. The van der Waals surface area contributed by atoms with Crippen molar-refractivity contribution in [2.45, 2.75) is 13.5 Å². The number of hydrogen-bond acceptors (Lipinski definition) is 3. The highest BCUT2D eigenvalue weighted by Gasteiger charge is 2.19. The lowest BCUT2D eigenvalue weighted by Gasteiger charge is -2.25. The Morgan fingerprint density at radius 3 is 2.42 bits per heavy atom. The number of likely N-dealkylation sites (N-methyl/N-ethyl adjacent to an activating group) is 1. The molecule has 0 aliphatic heterocycles. The molecule has 0 unspecified atom stereocenters. The Morgan fingerprint density at radius 1 is 0.970 bits per heavy atom. The lowest BCUT2D eigenvalue weighted by atomic mass is 10.1. The molecular weight excluding hydrogens is 441 g/mol. The Balaban J connectivity index is 1.85. The second-order valence-electron chi connectivity index (χ2n) is 8.12. The molecule has 0 radical (unpaired) electrons. The summed E-state index contributed by atoms with van der Waals surface area (Å²) in [5, 5.41) is 3.35. The average molecular weight is 468 g/mol. The Labute approximate surface area is 198 Å². The summed E-state index contributed by atoms with van der Waals surface area (Å²) < 4.78 is 14.0. The van der Waals surface area contributed by atoms with Gasteiger partial charge in [0, 0.05) is 35.9 Å². The Kier molecular flexibility index (Phi) is 8.20. The normalized spacial score (nSPS) is 10.8. The topological polar surface area (TPSA) is 52.7 Å². The molecule has 7 heteroatoms. The fraction of sp³-hybridized carbons (Fsp3) is 0.231. The fourth-order valence-electron chi connectivity index (χ4n) is 3.34. The van der Waals surface area contributed by atoms with Gasteiger partial charge >= 0.3 is 0 Å². The third-order valence-electron chi connectivity index (χ3n) is 5.22. The summed E-state index contributed by atoms with van der Waals surface area (Å²) in [7, 11) is 3.90. The first-order valence-corrected chi connectivity index (χ1v) is 11.0. The maximum absolute atomic E-state index is 14.0. The van der Waals surface area contributed by atoms with E-state index in [1.165, 1.54) is 18.2 Å². The van der Waals surface area contributed by atoms with E-state index in [1.54, 1.807) is 35.2 Å². The van der Waals surface area contributed by atoms with E-state index in [1.807, 2.05) is 44.1 Å². The predicted molar refractivity (Wildman–Crippen MR) is 130 cm³/mol. The SMILES string of the molecule is Cc1ccc(C(=O)N(CCN(C)C)Cc2cccc(Cl)c2)cc1NC(=O)c1ccccc1F.